The predicted molar refractivity (Wildman–Crippen MR) is 45.8 cm³/mol. The van der Waals surface area contributed by atoms with Gasteiger partial charge in [-0.25, -0.2) is 8.78 Å². The average Bonchev–Trinajstić information content (AvgIpc) is 2.10. The zero-order valence-corrected chi connectivity index (χ0v) is 7.66. The van der Waals surface area contributed by atoms with Crippen LogP contribution in [-0.2, 0) is 6.54 Å². The van der Waals surface area contributed by atoms with Crippen molar-refractivity contribution >= 4 is 11.6 Å². The topological polar surface area (TPSA) is 35.2 Å². The monoisotopic (exact) mass is 207 g/mol. The standard InChI is InChI=1S/C8H8ClF2NO/c1-13-8-4(3-12)7(11)6(10)2-5(8)9/h2H,3,12H2,1H3. The largest absolute Gasteiger partial charge is 0.495 e. The van der Waals surface area contributed by atoms with Crippen molar-refractivity contribution in [2.24, 2.45) is 5.73 Å². The molecule has 0 saturated carbocycles. The third-order valence-electron chi connectivity index (χ3n) is 1.63. The minimum atomic E-state index is -1.02. The highest BCUT2D eigenvalue weighted by Gasteiger charge is 2.16. The second-order valence-corrected chi connectivity index (χ2v) is 2.78. The molecule has 72 valence electrons. The van der Waals surface area contributed by atoms with E-state index in [4.69, 9.17) is 22.1 Å². The minimum absolute atomic E-state index is 0.0156. The Balaban J connectivity index is 3.41. The van der Waals surface area contributed by atoms with E-state index in [-0.39, 0.29) is 22.9 Å². The fourth-order valence-electron chi connectivity index (χ4n) is 1.03. The van der Waals surface area contributed by atoms with Gasteiger partial charge in [0.15, 0.2) is 11.6 Å². The molecule has 1 rings (SSSR count). The van der Waals surface area contributed by atoms with Gasteiger partial charge in [-0.3, -0.25) is 0 Å². The maximum atomic E-state index is 13.0. The normalized spacial score (nSPS) is 10.2. The van der Waals surface area contributed by atoms with Gasteiger partial charge >= 0.3 is 0 Å². The first-order chi connectivity index (χ1) is 6.11. The van der Waals surface area contributed by atoms with Crippen molar-refractivity contribution in [2.75, 3.05) is 7.11 Å². The second kappa shape index (κ2) is 3.89. The van der Waals surface area contributed by atoms with Crippen LogP contribution in [0.5, 0.6) is 5.75 Å². The van der Waals surface area contributed by atoms with Crippen LogP contribution in [0.15, 0.2) is 6.07 Å². The average molecular weight is 208 g/mol. The highest BCUT2D eigenvalue weighted by atomic mass is 35.5. The van der Waals surface area contributed by atoms with Crippen LogP contribution in [0.3, 0.4) is 0 Å². The fourth-order valence-corrected chi connectivity index (χ4v) is 1.32. The van der Waals surface area contributed by atoms with E-state index in [1.807, 2.05) is 0 Å². The molecule has 0 bridgehead atoms. The quantitative estimate of drug-likeness (QED) is 0.754. The lowest BCUT2D eigenvalue weighted by atomic mass is 10.2. The Hall–Kier alpha value is -0.870. The van der Waals surface area contributed by atoms with Gasteiger partial charge in [0, 0.05) is 12.1 Å². The molecule has 1 aromatic rings. The second-order valence-electron chi connectivity index (χ2n) is 2.37. The maximum Gasteiger partial charge on any atom is 0.167 e. The molecular weight excluding hydrogens is 200 g/mol. The number of ether oxygens (including phenoxy) is 1. The van der Waals surface area contributed by atoms with Crippen LogP contribution in [0, 0.1) is 11.6 Å². The van der Waals surface area contributed by atoms with Gasteiger partial charge in [0.25, 0.3) is 0 Å². The van der Waals surface area contributed by atoms with Crippen molar-refractivity contribution in [3.8, 4) is 5.75 Å². The Kier molecular flexibility index (Phi) is 3.06. The van der Waals surface area contributed by atoms with Gasteiger partial charge in [0.05, 0.1) is 12.1 Å². The summed E-state index contributed by atoms with van der Waals surface area (Å²) in [4.78, 5) is 0. The summed E-state index contributed by atoms with van der Waals surface area (Å²) in [5, 5.41) is 0.0156. The molecule has 0 radical (unpaired) electrons. The first-order valence-corrected chi connectivity index (χ1v) is 3.90. The zero-order valence-electron chi connectivity index (χ0n) is 6.90. The van der Waals surface area contributed by atoms with Gasteiger partial charge in [-0.05, 0) is 6.07 Å². The number of rotatable bonds is 2. The molecule has 0 spiro atoms. The molecule has 0 aliphatic rings. The molecule has 0 aliphatic heterocycles. The number of methoxy groups -OCH3 is 1. The van der Waals surface area contributed by atoms with Crippen LogP contribution >= 0.6 is 11.6 Å². The molecular formula is C8H8ClF2NO. The van der Waals surface area contributed by atoms with E-state index in [2.05, 4.69) is 0 Å². The Morgan fingerprint density at radius 1 is 1.54 bits per heavy atom. The molecule has 0 saturated heterocycles. The SMILES string of the molecule is COc1c(Cl)cc(F)c(F)c1CN. The molecule has 0 aromatic heterocycles. The molecule has 1 aromatic carbocycles. The lowest BCUT2D eigenvalue weighted by Crippen LogP contribution is -2.05. The summed E-state index contributed by atoms with van der Waals surface area (Å²) < 4.78 is 30.6. The number of hydrogen-bond donors (Lipinski definition) is 1. The fraction of sp³-hybridized carbons (Fsp3) is 0.250. The molecule has 0 atom stereocenters. The molecule has 5 heteroatoms. The number of benzene rings is 1. The third-order valence-corrected chi connectivity index (χ3v) is 1.91. The lowest BCUT2D eigenvalue weighted by Gasteiger charge is -2.09. The Morgan fingerprint density at radius 3 is 2.62 bits per heavy atom. The van der Waals surface area contributed by atoms with Gasteiger partial charge in [-0.15, -0.1) is 0 Å². The highest BCUT2D eigenvalue weighted by Crippen LogP contribution is 2.31. The van der Waals surface area contributed by atoms with E-state index >= 15 is 0 Å². The first-order valence-electron chi connectivity index (χ1n) is 3.52. The van der Waals surface area contributed by atoms with Crippen LogP contribution in [0.1, 0.15) is 5.56 Å². The van der Waals surface area contributed by atoms with Gasteiger partial charge < -0.3 is 10.5 Å². The van der Waals surface area contributed by atoms with Crippen molar-refractivity contribution in [1.82, 2.24) is 0 Å². The first kappa shape index (κ1) is 10.2. The Morgan fingerprint density at radius 2 is 2.15 bits per heavy atom. The van der Waals surface area contributed by atoms with Crippen molar-refractivity contribution in [2.45, 2.75) is 6.54 Å². The lowest BCUT2D eigenvalue weighted by molar-refractivity contribution is 0.398. The number of halogens is 3. The van der Waals surface area contributed by atoms with Crippen molar-refractivity contribution in [1.29, 1.82) is 0 Å². The highest BCUT2D eigenvalue weighted by molar-refractivity contribution is 6.32. The van der Waals surface area contributed by atoms with Crippen LogP contribution in [0.2, 0.25) is 5.02 Å². The summed E-state index contributed by atoms with van der Waals surface area (Å²) >= 11 is 5.60. The minimum Gasteiger partial charge on any atom is -0.495 e. The molecule has 0 aliphatic carbocycles. The Labute approximate surface area is 79.2 Å². The van der Waals surface area contributed by atoms with E-state index in [1.165, 1.54) is 7.11 Å². The van der Waals surface area contributed by atoms with E-state index < -0.39 is 11.6 Å². The summed E-state index contributed by atoms with van der Waals surface area (Å²) in [5.41, 5.74) is 5.17. The number of nitrogens with two attached hydrogens (primary N) is 1. The van der Waals surface area contributed by atoms with Crippen molar-refractivity contribution in [3.05, 3.63) is 28.3 Å². The molecule has 13 heavy (non-hydrogen) atoms. The zero-order chi connectivity index (χ0) is 10.0. The van der Waals surface area contributed by atoms with Crippen molar-refractivity contribution < 1.29 is 13.5 Å². The molecule has 0 unspecified atom stereocenters. The molecule has 2 N–H and O–H groups in total. The van der Waals surface area contributed by atoms with Gasteiger partial charge in [0.1, 0.15) is 5.75 Å². The molecule has 0 heterocycles. The molecule has 0 fully saturated rings. The van der Waals surface area contributed by atoms with Gasteiger partial charge in [-0.1, -0.05) is 11.6 Å². The summed E-state index contributed by atoms with van der Waals surface area (Å²) in [6, 6.07) is 0.856. The summed E-state index contributed by atoms with van der Waals surface area (Å²) in [6.45, 7) is -0.160. The van der Waals surface area contributed by atoms with E-state index in [1.54, 1.807) is 0 Å². The van der Waals surface area contributed by atoms with Crippen LogP contribution in [-0.4, -0.2) is 7.11 Å². The third kappa shape index (κ3) is 1.73. The summed E-state index contributed by atoms with van der Waals surface area (Å²) in [5.74, 6) is -1.95. The van der Waals surface area contributed by atoms with E-state index in [9.17, 15) is 8.78 Å². The van der Waals surface area contributed by atoms with Gasteiger partial charge in [0.2, 0.25) is 0 Å². The predicted octanol–water partition coefficient (Wildman–Crippen LogP) is 2.09. The van der Waals surface area contributed by atoms with Crippen molar-refractivity contribution in [3.63, 3.8) is 0 Å². The van der Waals surface area contributed by atoms with E-state index in [0.29, 0.717) is 0 Å². The molecule has 0 amide bonds. The van der Waals surface area contributed by atoms with Crippen LogP contribution < -0.4 is 10.5 Å². The van der Waals surface area contributed by atoms with Crippen LogP contribution in [0.4, 0.5) is 8.78 Å². The maximum absolute atomic E-state index is 13.0. The Bertz CT molecular complexity index is 330. The summed E-state index contributed by atoms with van der Waals surface area (Å²) in [7, 11) is 1.32. The van der Waals surface area contributed by atoms with E-state index in [0.717, 1.165) is 6.07 Å². The van der Waals surface area contributed by atoms with Crippen LogP contribution in [0.25, 0.3) is 0 Å². The number of hydrogen-bond acceptors (Lipinski definition) is 2. The van der Waals surface area contributed by atoms with Gasteiger partial charge in [-0.2, -0.15) is 0 Å². The summed E-state index contributed by atoms with van der Waals surface area (Å²) in [6.07, 6.45) is 0. The molecule has 2 nitrogen and oxygen atoms in total. The smallest absolute Gasteiger partial charge is 0.167 e.